The van der Waals surface area contributed by atoms with Crippen LogP contribution in [0.25, 0.3) is 0 Å². The minimum Gasteiger partial charge on any atom is -0.377 e. The Morgan fingerprint density at radius 3 is 2.35 bits per heavy atom. The number of nitrogens with one attached hydrogen (secondary N) is 1. The van der Waals surface area contributed by atoms with Gasteiger partial charge in [0.05, 0.1) is 6.10 Å². The van der Waals surface area contributed by atoms with E-state index in [0.29, 0.717) is 6.10 Å². The summed E-state index contributed by atoms with van der Waals surface area (Å²) in [6, 6.07) is 0. The molecule has 1 aliphatic carbocycles. The molecule has 0 spiro atoms. The van der Waals surface area contributed by atoms with E-state index in [4.69, 9.17) is 10.5 Å². The Morgan fingerprint density at radius 1 is 0.941 bits per heavy atom. The Labute approximate surface area is 105 Å². The second kappa shape index (κ2) is 7.34. The minimum absolute atomic E-state index is 0.476. The first-order valence-electron chi connectivity index (χ1n) is 7.41. The predicted molar refractivity (Wildman–Crippen MR) is 71.0 cm³/mol. The van der Waals surface area contributed by atoms with Crippen molar-refractivity contribution in [3.8, 4) is 0 Å². The maximum Gasteiger partial charge on any atom is 0.0699 e. The third-order valence-corrected chi connectivity index (χ3v) is 4.38. The molecule has 0 aromatic heterocycles. The van der Waals surface area contributed by atoms with E-state index in [1.54, 1.807) is 0 Å². The molecule has 2 rings (SSSR count). The molecule has 0 bridgehead atoms. The van der Waals surface area contributed by atoms with Crippen molar-refractivity contribution >= 4 is 0 Å². The molecule has 1 saturated carbocycles. The van der Waals surface area contributed by atoms with Gasteiger partial charge >= 0.3 is 0 Å². The molecule has 2 fully saturated rings. The number of ether oxygens (including phenoxy) is 1. The van der Waals surface area contributed by atoms with Gasteiger partial charge in [-0.25, -0.2) is 0 Å². The molecular formula is C14H28N2O. The molecule has 100 valence electrons. The maximum absolute atomic E-state index is 5.72. The average Bonchev–Trinajstić information content (AvgIpc) is 2.41. The van der Waals surface area contributed by atoms with Gasteiger partial charge in [0.1, 0.15) is 0 Å². The van der Waals surface area contributed by atoms with Crippen molar-refractivity contribution < 1.29 is 4.74 Å². The van der Waals surface area contributed by atoms with Crippen LogP contribution >= 0.6 is 0 Å². The molecule has 1 aliphatic heterocycles. The summed E-state index contributed by atoms with van der Waals surface area (Å²) < 4.78 is 5.72. The first-order valence-corrected chi connectivity index (χ1v) is 7.41. The van der Waals surface area contributed by atoms with E-state index in [1.807, 2.05) is 0 Å². The fourth-order valence-electron chi connectivity index (χ4n) is 3.09. The average molecular weight is 240 g/mol. The van der Waals surface area contributed by atoms with Gasteiger partial charge in [-0.3, -0.25) is 0 Å². The first kappa shape index (κ1) is 13.3. The first-order chi connectivity index (χ1) is 8.38. The Morgan fingerprint density at radius 2 is 1.71 bits per heavy atom. The minimum atomic E-state index is 0.476. The Balaban J connectivity index is 1.53. The maximum atomic E-state index is 5.72. The molecule has 0 radical (unpaired) electrons. The van der Waals surface area contributed by atoms with Crippen molar-refractivity contribution in [3.63, 3.8) is 0 Å². The number of rotatable bonds is 5. The molecule has 3 nitrogen and oxygen atoms in total. The highest BCUT2D eigenvalue weighted by Gasteiger charge is 2.20. The van der Waals surface area contributed by atoms with Gasteiger partial charge in [0.2, 0.25) is 0 Å². The predicted octanol–water partition coefficient (Wildman–Crippen LogP) is 1.91. The fourth-order valence-corrected chi connectivity index (χ4v) is 3.09. The Bertz CT molecular complexity index is 196. The Hall–Kier alpha value is -0.120. The smallest absolute Gasteiger partial charge is 0.0699 e. The zero-order valence-corrected chi connectivity index (χ0v) is 11.0. The molecule has 1 saturated heterocycles. The van der Waals surface area contributed by atoms with Gasteiger partial charge in [0.25, 0.3) is 0 Å². The third kappa shape index (κ3) is 4.57. The summed E-state index contributed by atoms with van der Waals surface area (Å²) in [6.07, 6.45) is 9.71. The van der Waals surface area contributed by atoms with Crippen LogP contribution in [-0.2, 0) is 4.74 Å². The van der Waals surface area contributed by atoms with Crippen LogP contribution in [0.2, 0.25) is 0 Å². The molecule has 3 heteroatoms. The van der Waals surface area contributed by atoms with Crippen LogP contribution in [-0.4, -0.2) is 32.3 Å². The largest absolute Gasteiger partial charge is 0.377 e. The van der Waals surface area contributed by atoms with Gasteiger partial charge < -0.3 is 15.8 Å². The molecule has 2 aliphatic rings. The Kier molecular flexibility index (Phi) is 5.75. The second-order valence-electron chi connectivity index (χ2n) is 5.77. The van der Waals surface area contributed by atoms with Crippen LogP contribution in [0.5, 0.6) is 0 Å². The van der Waals surface area contributed by atoms with Crippen molar-refractivity contribution in [3.05, 3.63) is 0 Å². The van der Waals surface area contributed by atoms with Crippen molar-refractivity contribution in [2.24, 2.45) is 17.6 Å². The van der Waals surface area contributed by atoms with E-state index in [9.17, 15) is 0 Å². The summed E-state index contributed by atoms with van der Waals surface area (Å²) in [5, 5.41) is 3.60. The lowest BCUT2D eigenvalue weighted by atomic mass is 9.82. The van der Waals surface area contributed by atoms with Crippen LogP contribution in [0.15, 0.2) is 0 Å². The van der Waals surface area contributed by atoms with Crippen LogP contribution in [0, 0.1) is 11.8 Å². The summed E-state index contributed by atoms with van der Waals surface area (Å²) >= 11 is 0. The lowest BCUT2D eigenvalue weighted by molar-refractivity contribution is 0.0162. The van der Waals surface area contributed by atoms with Crippen molar-refractivity contribution in [2.45, 2.75) is 51.0 Å². The van der Waals surface area contributed by atoms with Crippen molar-refractivity contribution in [1.29, 1.82) is 0 Å². The fraction of sp³-hybridized carbons (Fsp3) is 1.00. The van der Waals surface area contributed by atoms with E-state index in [2.05, 4.69) is 5.32 Å². The highest BCUT2D eigenvalue weighted by Crippen LogP contribution is 2.27. The van der Waals surface area contributed by atoms with Gasteiger partial charge in [0, 0.05) is 13.2 Å². The van der Waals surface area contributed by atoms with Crippen LogP contribution in [0.1, 0.15) is 44.9 Å². The van der Waals surface area contributed by atoms with Gasteiger partial charge in [0.15, 0.2) is 0 Å². The SMILES string of the molecule is NCC1CCC(CNCC2CCCCO2)CC1. The van der Waals surface area contributed by atoms with Crippen LogP contribution in [0.4, 0.5) is 0 Å². The molecule has 0 aromatic carbocycles. The monoisotopic (exact) mass is 240 g/mol. The molecular weight excluding hydrogens is 212 g/mol. The summed E-state index contributed by atoms with van der Waals surface area (Å²) in [4.78, 5) is 0. The van der Waals surface area contributed by atoms with Gasteiger partial charge in [-0.2, -0.15) is 0 Å². The normalized spacial score (nSPS) is 34.8. The third-order valence-electron chi connectivity index (χ3n) is 4.38. The van der Waals surface area contributed by atoms with E-state index in [1.165, 1.54) is 51.5 Å². The zero-order chi connectivity index (χ0) is 11.9. The molecule has 1 atom stereocenters. The number of nitrogens with two attached hydrogens (primary N) is 1. The van der Waals surface area contributed by atoms with Crippen molar-refractivity contribution in [2.75, 3.05) is 26.2 Å². The van der Waals surface area contributed by atoms with E-state index < -0.39 is 0 Å². The zero-order valence-electron chi connectivity index (χ0n) is 11.0. The lowest BCUT2D eigenvalue weighted by Gasteiger charge is -2.29. The summed E-state index contributed by atoms with van der Waals surface area (Å²) in [5.41, 5.74) is 5.71. The van der Waals surface area contributed by atoms with Crippen molar-refractivity contribution in [1.82, 2.24) is 5.32 Å². The molecule has 3 N–H and O–H groups in total. The molecule has 0 aromatic rings. The standard InChI is InChI=1S/C14H28N2O/c15-9-12-4-6-13(7-5-12)10-16-11-14-3-1-2-8-17-14/h12-14,16H,1-11,15H2. The molecule has 1 heterocycles. The summed E-state index contributed by atoms with van der Waals surface area (Å²) in [6.45, 7) is 4.08. The molecule has 17 heavy (non-hydrogen) atoms. The van der Waals surface area contributed by atoms with E-state index >= 15 is 0 Å². The summed E-state index contributed by atoms with van der Waals surface area (Å²) in [5.74, 6) is 1.68. The molecule has 1 unspecified atom stereocenters. The van der Waals surface area contributed by atoms with Gasteiger partial charge in [-0.1, -0.05) is 0 Å². The van der Waals surface area contributed by atoms with Gasteiger partial charge in [-0.05, 0) is 69.9 Å². The molecule has 0 amide bonds. The number of hydrogen-bond acceptors (Lipinski definition) is 3. The lowest BCUT2D eigenvalue weighted by Crippen LogP contribution is -2.35. The van der Waals surface area contributed by atoms with E-state index in [0.717, 1.165) is 31.5 Å². The van der Waals surface area contributed by atoms with Crippen LogP contribution in [0.3, 0.4) is 0 Å². The van der Waals surface area contributed by atoms with Crippen LogP contribution < -0.4 is 11.1 Å². The topological polar surface area (TPSA) is 47.3 Å². The van der Waals surface area contributed by atoms with E-state index in [-0.39, 0.29) is 0 Å². The summed E-state index contributed by atoms with van der Waals surface area (Å²) in [7, 11) is 0. The highest BCUT2D eigenvalue weighted by molar-refractivity contribution is 4.75. The van der Waals surface area contributed by atoms with Gasteiger partial charge in [-0.15, -0.1) is 0 Å². The highest BCUT2D eigenvalue weighted by atomic mass is 16.5. The quantitative estimate of drug-likeness (QED) is 0.771. The second-order valence-corrected chi connectivity index (χ2v) is 5.77. The number of hydrogen-bond donors (Lipinski definition) is 2.